The smallest absolute Gasteiger partial charge is 0.320 e. The van der Waals surface area contributed by atoms with Crippen LogP contribution in [0.4, 0.5) is 27.8 Å². The number of β-amino-alcohol motifs (C(OH)–C–C–N with tert-alkyl or cyclic N) is 1. The highest BCUT2D eigenvalue weighted by molar-refractivity contribution is 7.13. The van der Waals surface area contributed by atoms with E-state index in [0.29, 0.717) is 79.7 Å². The van der Waals surface area contributed by atoms with Crippen molar-refractivity contribution in [3.05, 3.63) is 102 Å². The molecule has 4 aromatic heterocycles. The van der Waals surface area contributed by atoms with Crippen molar-refractivity contribution in [2.45, 2.75) is 121 Å². The third kappa shape index (κ3) is 12.0. The molecule has 6 saturated heterocycles. The fraction of sp³-hybridized carbons (Fsp3) is 0.508. The van der Waals surface area contributed by atoms with Gasteiger partial charge in [-0.05, 0) is 86.8 Å². The molecule has 5 N–H and O–H groups in total. The zero-order valence-corrected chi connectivity index (χ0v) is 48.4. The molecule has 1 aliphatic carbocycles. The maximum Gasteiger partial charge on any atom is 0.320 e. The summed E-state index contributed by atoms with van der Waals surface area (Å²) in [6.07, 6.45) is 6.65. The number of nitrogens with one attached hydrogen (secondary N) is 1. The molecule has 7 fully saturated rings. The monoisotopic (exact) mass is 1150 g/mol. The van der Waals surface area contributed by atoms with E-state index in [9.17, 15) is 24.6 Å². The first-order valence-corrected chi connectivity index (χ1v) is 30.3. The second-order valence-corrected chi connectivity index (χ2v) is 24.6. The number of carbonyl (C=O) groups is 3. The summed E-state index contributed by atoms with van der Waals surface area (Å²) in [5.74, 6) is 1.06. The van der Waals surface area contributed by atoms with Crippen LogP contribution < -0.4 is 30.5 Å². The van der Waals surface area contributed by atoms with Crippen LogP contribution in [0.25, 0.3) is 21.7 Å². The number of aliphatic hydroxyl groups excluding tert-OH is 1. The number of aryl methyl sites for hydroxylation is 1. The molecule has 438 valence electrons. The normalized spacial score (nSPS) is 23.7. The number of benzene rings is 2. The summed E-state index contributed by atoms with van der Waals surface area (Å²) in [5.41, 5.74) is 14.4. The minimum Gasteiger partial charge on any atom is -0.507 e. The van der Waals surface area contributed by atoms with Gasteiger partial charge in [-0.15, -0.1) is 21.5 Å². The molecule has 0 radical (unpaired) electrons. The number of anilines is 4. The van der Waals surface area contributed by atoms with Crippen LogP contribution in [0, 0.1) is 18.8 Å². The van der Waals surface area contributed by atoms with E-state index in [0.717, 1.165) is 91.2 Å². The Morgan fingerprint density at radius 3 is 2.33 bits per heavy atom. The number of rotatable bonds is 15. The van der Waals surface area contributed by atoms with Gasteiger partial charge >= 0.3 is 6.03 Å². The third-order valence-electron chi connectivity index (χ3n) is 17.8. The molecule has 2 unspecified atom stereocenters. The van der Waals surface area contributed by atoms with Crippen molar-refractivity contribution >= 4 is 52.2 Å². The molecule has 1 saturated carbocycles. The third-order valence-corrected chi connectivity index (χ3v) is 18.8. The maximum absolute atomic E-state index is 14.4. The van der Waals surface area contributed by atoms with Crippen molar-refractivity contribution in [1.29, 1.82) is 0 Å². The Labute approximate surface area is 487 Å². The predicted molar refractivity (Wildman–Crippen MR) is 315 cm³/mol. The highest BCUT2D eigenvalue weighted by Gasteiger charge is 2.44. The Morgan fingerprint density at radius 2 is 1.58 bits per heavy atom. The standard InChI is InChI=1S/C61H75N13O8S/c1-36(2)56(60(78)74-34-44(75)26-51(74)59(77)65-37(3)40-10-12-41(13-11-40)57-38(4)64-35-83-57)53-30-54(68-82-53)69-21-23-71(24-22-69)61(79)70-19-16-45(17-20-70)80-46-27-47(28-46)81-55-25-42(15-18-63-55)73-32-39-9-14-43(73)33-72(31-39)50-29-49(66-67-58(50)62)48-7-5-6-8-52(48)76/h5-8,10-13,15,18,25,29-30,35-37,39,43-47,51,56,75-76H,9,14,16-17,19-24,26-28,31-34H2,1-4H3,(H2,62,67)(H,65,77)/t37-,39?,43?,44+,46?,47?,51-,56-/m0/s1. The number of fused-ring (bicyclic) bond motifs is 4. The van der Waals surface area contributed by atoms with Crippen molar-refractivity contribution in [1.82, 2.24) is 45.3 Å². The number of phenolic OH excluding ortho intramolecular Hbond substituents is 1. The van der Waals surface area contributed by atoms with Crippen molar-refractivity contribution in [2.24, 2.45) is 11.8 Å². The number of aliphatic hydroxyl groups is 1. The Kier molecular flexibility index (Phi) is 16.2. The van der Waals surface area contributed by atoms with Crippen LogP contribution in [0.1, 0.15) is 94.7 Å². The van der Waals surface area contributed by atoms with Gasteiger partial charge in [-0.2, -0.15) is 0 Å². The number of aromatic hydroxyl groups is 1. The number of thiazole rings is 1. The van der Waals surface area contributed by atoms with Crippen molar-refractivity contribution in [3.63, 3.8) is 0 Å². The van der Waals surface area contributed by atoms with E-state index < -0.39 is 18.1 Å². The van der Waals surface area contributed by atoms with Gasteiger partial charge in [-0.25, -0.2) is 14.8 Å². The quantitative estimate of drug-likeness (QED) is 0.0790. The average molecular weight is 1150 g/mol. The van der Waals surface area contributed by atoms with E-state index in [1.54, 1.807) is 23.5 Å². The number of carbonyl (C=O) groups excluding carboxylic acids is 3. The summed E-state index contributed by atoms with van der Waals surface area (Å²) < 4.78 is 18.9. The number of pyridine rings is 1. The van der Waals surface area contributed by atoms with Crippen molar-refractivity contribution < 1.29 is 38.6 Å². The zero-order valence-electron chi connectivity index (χ0n) is 47.6. The number of hydrogen-bond acceptors (Lipinski definition) is 18. The van der Waals surface area contributed by atoms with Gasteiger partial charge < -0.3 is 64.7 Å². The number of ether oxygens (including phenoxy) is 2. The topological polar surface area (TPSA) is 245 Å². The Hall–Kier alpha value is -7.56. The summed E-state index contributed by atoms with van der Waals surface area (Å²) in [6, 6.07) is 22.2. The van der Waals surface area contributed by atoms with Crippen LogP contribution in [0.5, 0.6) is 11.6 Å². The SMILES string of the molecule is Cc1ncsc1-c1ccc([C@H](C)NC(=O)[C@@H]2C[C@@H](O)CN2C(=O)[C@H](c2cc(N3CCN(C(=O)N4CCC(OC5CC(Oc6cc(N7CC8CCC7CN(c7cc(-c9ccccc9O)nnc7N)C8)ccn6)C5)CC4)CC3)no2)C(C)C)cc1. The van der Waals surface area contributed by atoms with Crippen molar-refractivity contribution in [2.75, 3.05) is 85.9 Å². The van der Waals surface area contributed by atoms with Gasteiger partial charge in [0.05, 0.1) is 51.8 Å². The number of phenols is 1. The van der Waals surface area contributed by atoms with Gasteiger partial charge in [0, 0.05) is 120 Å². The molecule has 83 heavy (non-hydrogen) atoms. The van der Waals surface area contributed by atoms with E-state index >= 15 is 0 Å². The van der Waals surface area contributed by atoms with Crippen LogP contribution in [0.3, 0.4) is 0 Å². The van der Waals surface area contributed by atoms with Gasteiger partial charge in [0.2, 0.25) is 17.7 Å². The lowest BCUT2D eigenvalue weighted by Gasteiger charge is -2.42. The second-order valence-electron chi connectivity index (χ2n) is 23.8. The molecular formula is C61H75N13O8S. The fourth-order valence-electron chi connectivity index (χ4n) is 13.1. The number of nitrogens with zero attached hydrogens (tertiary/aromatic N) is 11. The number of aromatic nitrogens is 5. The van der Waals surface area contributed by atoms with E-state index in [1.165, 1.54) is 4.90 Å². The van der Waals surface area contributed by atoms with Crippen LogP contribution in [-0.2, 0) is 14.3 Å². The van der Waals surface area contributed by atoms with Gasteiger partial charge in [-0.3, -0.25) is 9.59 Å². The summed E-state index contributed by atoms with van der Waals surface area (Å²) in [4.78, 5) is 64.4. The van der Waals surface area contributed by atoms with E-state index in [-0.39, 0.29) is 72.9 Å². The van der Waals surface area contributed by atoms with Crippen molar-refractivity contribution in [3.8, 4) is 33.3 Å². The first-order valence-electron chi connectivity index (χ1n) is 29.5. The molecule has 21 nitrogen and oxygen atoms in total. The number of nitrogen functional groups attached to an aromatic ring is 1. The first-order chi connectivity index (χ1) is 40.2. The number of likely N-dealkylation sites (tertiary alicyclic amines) is 2. The highest BCUT2D eigenvalue weighted by atomic mass is 32.1. The Balaban J connectivity index is 0.576. The number of nitrogens with two attached hydrogens (primary N) is 1. The maximum atomic E-state index is 14.4. The first kappa shape index (κ1) is 55.9. The van der Waals surface area contributed by atoms with E-state index in [2.05, 4.69) is 57.5 Å². The van der Waals surface area contributed by atoms with E-state index in [1.807, 2.05) is 97.7 Å². The molecule has 0 spiro atoms. The molecule has 22 heteroatoms. The van der Waals surface area contributed by atoms with Crippen LogP contribution in [0.15, 0.2) is 89.0 Å². The molecular weight excluding hydrogens is 1070 g/mol. The molecule has 7 aliphatic rings. The number of piperazine rings is 1. The molecule has 4 amide bonds. The molecule has 2 aromatic carbocycles. The summed E-state index contributed by atoms with van der Waals surface area (Å²) >= 11 is 1.59. The number of piperidine rings is 2. The molecule has 6 atom stereocenters. The average Bonchev–Trinajstić information content (AvgIpc) is 4.25. The van der Waals surface area contributed by atoms with Crippen LogP contribution in [0.2, 0.25) is 0 Å². The minimum absolute atomic E-state index is 0.0184. The lowest BCUT2D eigenvalue weighted by Crippen LogP contribution is -2.55. The summed E-state index contributed by atoms with van der Waals surface area (Å²) in [6.45, 7) is 13.8. The molecule has 6 aliphatic heterocycles. The van der Waals surface area contributed by atoms with Crippen LogP contribution in [-0.4, -0.2) is 170 Å². The highest BCUT2D eigenvalue weighted by Crippen LogP contribution is 2.40. The minimum atomic E-state index is -0.841. The van der Waals surface area contributed by atoms with Gasteiger partial charge in [-0.1, -0.05) is 55.4 Å². The number of para-hydroxylation sites is 1. The fourth-order valence-corrected chi connectivity index (χ4v) is 13.9. The molecule has 10 heterocycles. The molecule has 2 bridgehead atoms. The molecule has 13 rings (SSSR count). The summed E-state index contributed by atoms with van der Waals surface area (Å²) in [7, 11) is 0. The number of amides is 4. The number of hydrogen-bond donors (Lipinski definition) is 4. The lowest BCUT2D eigenvalue weighted by molar-refractivity contribution is -0.141. The summed E-state index contributed by atoms with van der Waals surface area (Å²) in [5, 5.41) is 37.4. The second kappa shape index (κ2) is 24.0. The zero-order chi connectivity index (χ0) is 57.5. The van der Waals surface area contributed by atoms with Crippen LogP contribution >= 0.6 is 11.3 Å². The number of urea groups is 1. The van der Waals surface area contributed by atoms with Gasteiger partial charge in [0.1, 0.15) is 23.8 Å². The van der Waals surface area contributed by atoms with Gasteiger partial charge in [0.25, 0.3) is 0 Å². The van der Waals surface area contributed by atoms with Gasteiger partial charge in [0.15, 0.2) is 17.4 Å². The largest absolute Gasteiger partial charge is 0.507 e. The molecule has 6 aromatic rings. The predicted octanol–water partition coefficient (Wildman–Crippen LogP) is 7.26. The Morgan fingerprint density at radius 1 is 0.807 bits per heavy atom. The Bertz CT molecular complexity index is 3270. The lowest BCUT2D eigenvalue weighted by atomic mass is 9.91. The van der Waals surface area contributed by atoms with E-state index in [4.69, 9.17) is 19.7 Å².